The number of aryl methyl sites for hydroxylation is 1. The van der Waals surface area contributed by atoms with Crippen molar-refractivity contribution < 1.29 is 9.59 Å². The van der Waals surface area contributed by atoms with Gasteiger partial charge < -0.3 is 4.57 Å². The summed E-state index contributed by atoms with van der Waals surface area (Å²) in [5.41, 5.74) is 3.71. The Morgan fingerprint density at radius 2 is 1.53 bits per heavy atom. The molecule has 3 heteroatoms. The normalized spacial score (nSPS) is 13.5. The molecule has 1 aliphatic rings. The third kappa shape index (κ3) is 1.16. The lowest BCUT2D eigenvalue weighted by Gasteiger charge is -2.16. The Morgan fingerprint density at radius 1 is 0.941 bits per heavy atom. The van der Waals surface area contributed by atoms with Crippen molar-refractivity contribution in [3.63, 3.8) is 0 Å². The fourth-order valence-electron chi connectivity index (χ4n) is 2.36. The summed E-state index contributed by atoms with van der Waals surface area (Å²) < 4.78 is 1.96. The summed E-state index contributed by atoms with van der Waals surface area (Å²) in [5.74, 6) is -0.805. The SMILES string of the molecule is Cc1cc2c(n1C)-c1ccccc1C(=O)C2=O. The van der Waals surface area contributed by atoms with Crippen LogP contribution in [0.4, 0.5) is 0 Å². The van der Waals surface area contributed by atoms with Gasteiger partial charge >= 0.3 is 0 Å². The van der Waals surface area contributed by atoms with Crippen molar-refractivity contribution in [2.45, 2.75) is 6.92 Å². The fourth-order valence-corrected chi connectivity index (χ4v) is 2.36. The van der Waals surface area contributed by atoms with E-state index in [-0.39, 0.29) is 0 Å². The van der Waals surface area contributed by atoms with E-state index >= 15 is 0 Å². The van der Waals surface area contributed by atoms with Gasteiger partial charge in [0, 0.05) is 23.9 Å². The maximum Gasteiger partial charge on any atom is 0.235 e. The van der Waals surface area contributed by atoms with E-state index in [9.17, 15) is 9.59 Å². The molecule has 0 bridgehead atoms. The lowest BCUT2D eigenvalue weighted by Crippen LogP contribution is -2.21. The van der Waals surface area contributed by atoms with Gasteiger partial charge in [0.1, 0.15) is 0 Å². The zero-order valence-corrected chi connectivity index (χ0v) is 9.65. The predicted molar refractivity (Wildman–Crippen MR) is 64.2 cm³/mol. The van der Waals surface area contributed by atoms with Gasteiger partial charge in [0.2, 0.25) is 11.6 Å². The Bertz CT molecular complexity index is 665. The van der Waals surface area contributed by atoms with Crippen LogP contribution in [-0.2, 0) is 7.05 Å². The van der Waals surface area contributed by atoms with Gasteiger partial charge in [-0.1, -0.05) is 24.3 Å². The molecule has 0 amide bonds. The van der Waals surface area contributed by atoms with Crippen LogP contribution in [0.2, 0.25) is 0 Å². The molecule has 0 saturated heterocycles. The number of ketones is 2. The van der Waals surface area contributed by atoms with E-state index < -0.39 is 11.6 Å². The molecule has 3 rings (SSSR count). The number of rotatable bonds is 0. The molecule has 1 aromatic carbocycles. The zero-order chi connectivity index (χ0) is 12.2. The third-order valence-electron chi connectivity index (χ3n) is 3.35. The van der Waals surface area contributed by atoms with Crippen molar-refractivity contribution in [2.24, 2.45) is 7.05 Å². The first-order valence-corrected chi connectivity index (χ1v) is 5.46. The van der Waals surface area contributed by atoms with E-state index in [4.69, 9.17) is 0 Å². The van der Waals surface area contributed by atoms with Crippen molar-refractivity contribution in [3.05, 3.63) is 47.2 Å². The number of hydrogen-bond acceptors (Lipinski definition) is 2. The molecular formula is C14H11NO2. The first-order chi connectivity index (χ1) is 8.11. The second-order valence-electron chi connectivity index (χ2n) is 4.31. The molecule has 0 atom stereocenters. The number of nitrogens with zero attached hydrogens (tertiary/aromatic N) is 1. The highest BCUT2D eigenvalue weighted by molar-refractivity contribution is 6.52. The highest BCUT2D eigenvalue weighted by Gasteiger charge is 2.32. The minimum absolute atomic E-state index is 0.401. The smallest absolute Gasteiger partial charge is 0.235 e. The number of fused-ring (bicyclic) bond motifs is 3. The van der Waals surface area contributed by atoms with Gasteiger partial charge in [0.25, 0.3) is 0 Å². The Morgan fingerprint density at radius 3 is 2.24 bits per heavy atom. The average Bonchev–Trinajstić information content (AvgIpc) is 2.63. The monoisotopic (exact) mass is 225 g/mol. The molecule has 3 nitrogen and oxygen atoms in total. The second kappa shape index (κ2) is 3.17. The predicted octanol–water partition coefficient (Wildman–Crippen LogP) is 2.38. The largest absolute Gasteiger partial charge is 0.347 e. The van der Waals surface area contributed by atoms with Gasteiger partial charge in [-0.3, -0.25) is 9.59 Å². The summed E-state index contributed by atoms with van der Waals surface area (Å²) in [6, 6.07) is 9.04. The van der Waals surface area contributed by atoms with Crippen molar-refractivity contribution in [1.82, 2.24) is 4.57 Å². The van der Waals surface area contributed by atoms with Gasteiger partial charge in [-0.05, 0) is 13.0 Å². The van der Waals surface area contributed by atoms with Crippen LogP contribution in [0.1, 0.15) is 26.4 Å². The van der Waals surface area contributed by atoms with Crippen LogP contribution in [0.15, 0.2) is 30.3 Å². The maximum absolute atomic E-state index is 12.0. The van der Waals surface area contributed by atoms with Crippen LogP contribution in [0, 0.1) is 6.92 Å². The van der Waals surface area contributed by atoms with E-state index in [1.165, 1.54) is 0 Å². The molecule has 0 fully saturated rings. The minimum atomic E-state index is -0.404. The fraction of sp³-hybridized carbons (Fsp3) is 0.143. The molecule has 0 N–H and O–H groups in total. The zero-order valence-electron chi connectivity index (χ0n) is 9.65. The third-order valence-corrected chi connectivity index (χ3v) is 3.35. The number of Topliss-reactive ketones (excluding diaryl/α,β-unsaturated/α-hetero) is 2. The van der Waals surface area contributed by atoms with Crippen molar-refractivity contribution in [1.29, 1.82) is 0 Å². The number of carbonyl (C=O) groups is 2. The van der Waals surface area contributed by atoms with E-state index in [0.717, 1.165) is 17.0 Å². The minimum Gasteiger partial charge on any atom is -0.347 e. The highest BCUT2D eigenvalue weighted by Crippen LogP contribution is 2.34. The lowest BCUT2D eigenvalue weighted by molar-refractivity contribution is 0.0815. The Labute approximate surface area is 98.7 Å². The van der Waals surface area contributed by atoms with E-state index in [0.29, 0.717) is 11.1 Å². The molecule has 84 valence electrons. The molecule has 1 aromatic heterocycles. The molecule has 0 unspecified atom stereocenters. The van der Waals surface area contributed by atoms with Gasteiger partial charge in [-0.2, -0.15) is 0 Å². The quantitative estimate of drug-likeness (QED) is 0.646. The lowest BCUT2D eigenvalue weighted by atomic mass is 9.88. The first-order valence-electron chi connectivity index (χ1n) is 5.46. The van der Waals surface area contributed by atoms with Crippen molar-refractivity contribution in [2.75, 3.05) is 0 Å². The summed E-state index contributed by atoms with van der Waals surface area (Å²) in [4.78, 5) is 23.9. The summed E-state index contributed by atoms with van der Waals surface area (Å²) in [6.07, 6.45) is 0. The topological polar surface area (TPSA) is 39.1 Å². The van der Waals surface area contributed by atoms with Crippen LogP contribution in [-0.4, -0.2) is 16.1 Å². The molecule has 0 saturated carbocycles. The summed E-state index contributed by atoms with van der Waals surface area (Å²) in [5, 5.41) is 0. The van der Waals surface area contributed by atoms with Gasteiger partial charge in [0.05, 0.1) is 11.3 Å². The van der Waals surface area contributed by atoms with E-state index in [2.05, 4.69) is 0 Å². The molecule has 1 heterocycles. The standard InChI is InChI=1S/C14H11NO2/c1-8-7-11-12(15(8)2)9-5-3-4-6-10(9)13(16)14(11)17/h3-7H,1-2H3. The molecule has 0 spiro atoms. The summed E-state index contributed by atoms with van der Waals surface area (Å²) in [7, 11) is 1.91. The highest BCUT2D eigenvalue weighted by atomic mass is 16.2. The first kappa shape index (κ1) is 10.0. The molecule has 17 heavy (non-hydrogen) atoms. The van der Waals surface area contributed by atoms with Crippen LogP contribution in [0.5, 0.6) is 0 Å². The molecule has 0 radical (unpaired) electrons. The van der Waals surface area contributed by atoms with Gasteiger partial charge in [-0.15, -0.1) is 0 Å². The molecule has 1 aliphatic carbocycles. The van der Waals surface area contributed by atoms with Crippen molar-refractivity contribution >= 4 is 11.6 Å². The van der Waals surface area contributed by atoms with Crippen LogP contribution in [0.25, 0.3) is 11.3 Å². The van der Waals surface area contributed by atoms with Gasteiger partial charge in [0.15, 0.2) is 0 Å². The Hall–Kier alpha value is -2.16. The van der Waals surface area contributed by atoms with Crippen LogP contribution in [0.3, 0.4) is 0 Å². The van der Waals surface area contributed by atoms with E-state index in [1.54, 1.807) is 18.2 Å². The Kier molecular flexibility index (Phi) is 1.87. The number of aromatic nitrogens is 1. The molecule has 2 aromatic rings. The maximum atomic E-state index is 12.0. The molecule has 0 aliphatic heterocycles. The number of hydrogen-bond donors (Lipinski definition) is 0. The second-order valence-corrected chi connectivity index (χ2v) is 4.31. The number of carbonyl (C=O) groups excluding carboxylic acids is 2. The Balaban J connectivity index is 2.45. The van der Waals surface area contributed by atoms with Crippen LogP contribution >= 0.6 is 0 Å². The number of benzene rings is 1. The average molecular weight is 225 g/mol. The summed E-state index contributed by atoms with van der Waals surface area (Å²) >= 11 is 0. The molecular weight excluding hydrogens is 214 g/mol. The van der Waals surface area contributed by atoms with E-state index in [1.807, 2.05) is 30.7 Å². The summed E-state index contributed by atoms with van der Waals surface area (Å²) in [6.45, 7) is 1.93. The van der Waals surface area contributed by atoms with Crippen LogP contribution < -0.4 is 0 Å². The van der Waals surface area contributed by atoms with Gasteiger partial charge in [-0.25, -0.2) is 0 Å². The van der Waals surface area contributed by atoms with Crippen molar-refractivity contribution in [3.8, 4) is 11.3 Å².